The second-order valence-corrected chi connectivity index (χ2v) is 4.01. The molecule has 2 aromatic rings. The summed E-state index contributed by atoms with van der Waals surface area (Å²) in [7, 11) is 0. The molecule has 0 bridgehead atoms. The van der Waals surface area contributed by atoms with Crippen LogP contribution in [0.2, 0.25) is 0 Å². The highest BCUT2D eigenvalue weighted by Crippen LogP contribution is 2.12. The van der Waals surface area contributed by atoms with Gasteiger partial charge in [0.05, 0.1) is 23.2 Å². The molecule has 7 nitrogen and oxygen atoms in total. The number of hydrogen-bond acceptors (Lipinski definition) is 6. The SMILES string of the molecule is O=C([O-])c1ccc(NC(=O)c2cccnc2C(=O)[O-])cc1. The van der Waals surface area contributed by atoms with Crippen LogP contribution in [0.4, 0.5) is 5.69 Å². The number of hydrogen-bond donors (Lipinski definition) is 1. The molecule has 21 heavy (non-hydrogen) atoms. The quantitative estimate of drug-likeness (QED) is 0.773. The van der Waals surface area contributed by atoms with E-state index in [-0.39, 0.29) is 11.1 Å². The van der Waals surface area contributed by atoms with Gasteiger partial charge in [-0.25, -0.2) is 0 Å². The number of aromatic carboxylic acids is 2. The normalized spacial score (nSPS) is 9.90. The van der Waals surface area contributed by atoms with Gasteiger partial charge in [-0.1, -0.05) is 12.1 Å². The minimum atomic E-state index is -1.56. The number of carboxylic acid groups (broad SMARTS) is 2. The third kappa shape index (κ3) is 3.21. The van der Waals surface area contributed by atoms with Gasteiger partial charge in [0.25, 0.3) is 5.91 Å². The average Bonchev–Trinajstić information content (AvgIpc) is 2.47. The van der Waals surface area contributed by atoms with Crippen LogP contribution < -0.4 is 15.5 Å². The van der Waals surface area contributed by atoms with Crippen LogP contribution >= 0.6 is 0 Å². The molecule has 0 spiro atoms. The van der Waals surface area contributed by atoms with Gasteiger partial charge >= 0.3 is 0 Å². The van der Waals surface area contributed by atoms with E-state index in [1.54, 1.807) is 0 Å². The lowest BCUT2D eigenvalue weighted by Crippen LogP contribution is -2.27. The van der Waals surface area contributed by atoms with Crippen LogP contribution in [-0.2, 0) is 0 Å². The fourth-order valence-electron chi connectivity index (χ4n) is 1.64. The molecule has 0 radical (unpaired) electrons. The summed E-state index contributed by atoms with van der Waals surface area (Å²) >= 11 is 0. The Balaban J connectivity index is 2.22. The van der Waals surface area contributed by atoms with Crippen molar-refractivity contribution in [3.8, 4) is 0 Å². The van der Waals surface area contributed by atoms with E-state index in [0.717, 1.165) is 0 Å². The Labute approximate surface area is 118 Å². The van der Waals surface area contributed by atoms with Crippen LogP contribution in [0.1, 0.15) is 31.2 Å². The molecule has 2 rings (SSSR count). The first kappa shape index (κ1) is 14.2. The number of carbonyl (C=O) groups excluding carboxylic acids is 3. The molecule has 1 amide bonds. The molecule has 1 heterocycles. The maximum atomic E-state index is 12.0. The number of nitrogens with one attached hydrogen (secondary N) is 1. The Bertz CT molecular complexity index is 710. The van der Waals surface area contributed by atoms with Gasteiger partial charge in [0.1, 0.15) is 0 Å². The molecule has 0 aliphatic heterocycles. The molecule has 0 atom stereocenters. The van der Waals surface area contributed by atoms with Crippen molar-refractivity contribution in [1.29, 1.82) is 0 Å². The largest absolute Gasteiger partial charge is 0.545 e. The highest BCUT2D eigenvalue weighted by atomic mass is 16.4. The topological polar surface area (TPSA) is 122 Å². The van der Waals surface area contributed by atoms with Crippen molar-refractivity contribution < 1.29 is 24.6 Å². The third-order valence-corrected chi connectivity index (χ3v) is 2.62. The summed E-state index contributed by atoms with van der Waals surface area (Å²) in [6, 6.07) is 7.95. The minimum Gasteiger partial charge on any atom is -0.545 e. The molecule has 1 aromatic heterocycles. The summed E-state index contributed by atoms with van der Waals surface area (Å²) in [6.45, 7) is 0. The predicted octanol–water partition coefficient (Wildman–Crippen LogP) is -0.939. The van der Waals surface area contributed by atoms with E-state index in [2.05, 4.69) is 10.3 Å². The fraction of sp³-hybridized carbons (Fsp3) is 0. The summed E-state index contributed by atoms with van der Waals surface area (Å²) in [5.41, 5.74) is -0.356. The van der Waals surface area contributed by atoms with Gasteiger partial charge in [0.15, 0.2) is 0 Å². The Morgan fingerprint density at radius 1 is 0.952 bits per heavy atom. The number of benzene rings is 1. The average molecular weight is 284 g/mol. The monoisotopic (exact) mass is 284 g/mol. The molecule has 0 aliphatic rings. The number of nitrogens with zero attached hydrogens (tertiary/aromatic N) is 1. The minimum absolute atomic E-state index is 0.0372. The lowest BCUT2D eigenvalue weighted by molar-refractivity contribution is -0.256. The van der Waals surface area contributed by atoms with Crippen molar-refractivity contribution in [2.75, 3.05) is 5.32 Å². The number of carboxylic acids is 2. The van der Waals surface area contributed by atoms with Crippen LogP contribution in [0.5, 0.6) is 0 Å². The smallest absolute Gasteiger partial charge is 0.257 e. The summed E-state index contributed by atoms with van der Waals surface area (Å²) in [5.74, 6) is -3.59. The van der Waals surface area contributed by atoms with Gasteiger partial charge in [0, 0.05) is 11.9 Å². The van der Waals surface area contributed by atoms with Crippen LogP contribution in [-0.4, -0.2) is 22.8 Å². The molecule has 106 valence electrons. The Morgan fingerprint density at radius 3 is 2.19 bits per heavy atom. The summed E-state index contributed by atoms with van der Waals surface area (Å²) in [5, 5.41) is 23.9. The number of anilines is 1. The summed E-state index contributed by atoms with van der Waals surface area (Å²) < 4.78 is 0. The summed E-state index contributed by atoms with van der Waals surface area (Å²) in [4.78, 5) is 37.0. The van der Waals surface area contributed by atoms with Crippen LogP contribution in [0, 0.1) is 0 Å². The standard InChI is InChI=1S/C14H10N2O5/c17-12(10-2-1-7-15-11(10)14(20)21)16-9-5-3-8(4-6-9)13(18)19/h1-7H,(H,16,17)(H,18,19)(H,20,21)/p-2. The van der Waals surface area contributed by atoms with Gasteiger partial charge in [-0.15, -0.1) is 0 Å². The zero-order valence-corrected chi connectivity index (χ0v) is 10.5. The first-order valence-electron chi connectivity index (χ1n) is 5.78. The summed E-state index contributed by atoms with van der Waals surface area (Å²) in [6.07, 6.45) is 1.23. The fourth-order valence-corrected chi connectivity index (χ4v) is 1.64. The number of carbonyl (C=O) groups is 3. The van der Waals surface area contributed by atoms with E-state index in [4.69, 9.17) is 0 Å². The molecular formula is C14H8N2O5-2. The van der Waals surface area contributed by atoms with E-state index in [1.807, 2.05) is 0 Å². The Kier molecular flexibility index (Phi) is 3.94. The first-order valence-corrected chi connectivity index (χ1v) is 5.78. The lowest BCUT2D eigenvalue weighted by Gasteiger charge is -2.10. The van der Waals surface area contributed by atoms with E-state index in [9.17, 15) is 24.6 Å². The van der Waals surface area contributed by atoms with Crippen molar-refractivity contribution in [1.82, 2.24) is 4.98 Å². The molecule has 0 fully saturated rings. The maximum absolute atomic E-state index is 12.0. The molecule has 1 N–H and O–H groups in total. The van der Waals surface area contributed by atoms with Crippen LogP contribution in [0.15, 0.2) is 42.6 Å². The van der Waals surface area contributed by atoms with E-state index in [0.29, 0.717) is 5.69 Å². The van der Waals surface area contributed by atoms with Crippen molar-refractivity contribution >= 4 is 23.5 Å². The van der Waals surface area contributed by atoms with E-state index < -0.39 is 23.5 Å². The highest BCUT2D eigenvalue weighted by molar-refractivity contribution is 6.09. The van der Waals surface area contributed by atoms with Crippen LogP contribution in [0.25, 0.3) is 0 Å². The molecule has 7 heteroatoms. The third-order valence-electron chi connectivity index (χ3n) is 2.62. The van der Waals surface area contributed by atoms with Crippen molar-refractivity contribution in [2.24, 2.45) is 0 Å². The molecule has 0 aliphatic carbocycles. The van der Waals surface area contributed by atoms with Gasteiger partial charge in [0.2, 0.25) is 0 Å². The lowest BCUT2D eigenvalue weighted by atomic mass is 10.1. The first-order chi connectivity index (χ1) is 9.99. The van der Waals surface area contributed by atoms with Gasteiger partial charge in [-0.05, 0) is 29.8 Å². The Hall–Kier alpha value is -3.22. The van der Waals surface area contributed by atoms with E-state index in [1.165, 1.54) is 42.6 Å². The molecule has 0 saturated carbocycles. The molecular weight excluding hydrogens is 276 g/mol. The predicted molar refractivity (Wildman–Crippen MR) is 67.3 cm³/mol. The van der Waals surface area contributed by atoms with Gasteiger partial charge in [-0.3, -0.25) is 9.78 Å². The number of pyridine rings is 1. The van der Waals surface area contributed by atoms with Crippen molar-refractivity contribution in [3.05, 3.63) is 59.4 Å². The number of aromatic nitrogens is 1. The molecule has 0 saturated heterocycles. The highest BCUT2D eigenvalue weighted by Gasteiger charge is 2.13. The van der Waals surface area contributed by atoms with Crippen molar-refractivity contribution in [3.63, 3.8) is 0 Å². The van der Waals surface area contributed by atoms with Crippen LogP contribution in [0.3, 0.4) is 0 Å². The second kappa shape index (κ2) is 5.83. The Morgan fingerprint density at radius 2 is 1.62 bits per heavy atom. The van der Waals surface area contributed by atoms with Gasteiger partial charge < -0.3 is 25.1 Å². The number of amides is 1. The number of rotatable bonds is 4. The van der Waals surface area contributed by atoms with E-state index >= 15 is 0 Å². The zero-order valence-electron chi connectivity index (χ0n) is 10.5. The van der Waals surface area contributed by atoms with Crippen molar-refractivity contribution in [2.45, 2.75) is 0 Å². The molecule has 1 aromatic carbocycles. The molecule has 0 unspecified atom stereocenters. The zero-order chi connectivity index (χ0) is 15.4. The maximum Gasteiger partial charge on any atom is 0.257 e. The van der Waals surface area contributed by atoms with Gasteiger partial charge in [-0.2, -0.15) is 0 Å². The second-order valence-electron chi connectivity index (χ2n) is 4.01.